The van der Waals surface area contributed by atoms with Gasteiger partial charge in [0.25, 0.3) is 5.91 Å². The summed E-state index contributed by atoms with van der Waals surface area (Å²) in [5.41, 5.74) is 6.67. The van der Waals surface area contributed by atoms with Gasteiger partial charge in [0.15, 0.2) is 6.29 Å². The quantitative estimate of drug-likeness (QED) is 0.155. The molecule has 4 atom stereocenters. The number of hydrogen-bond acceptors (Lipinski definition) is 5. The number of nitrogens with one attached hydrogen (secondary N) is 1. The summed E-state index contributed by atoms with van der Waals surface area (Å²) in [6, 6.07) is 44.2. The summed E-state index contributed by atoms with van der Waals surface area (Å²) in [6.07, 6.45) is -0.756. The maximum absolute atomic E-state index is 12.6. The summed E-state index contributed by atoms with van der Waals surface area (Å²) >= 11 is 1.79. The van der Waals surface area contributed by atoms with Crippen LogP contribution in [0.15, 0.2) is 138 Å². The number of rotatable bonds is 10. The van der Waals surface area contributed by atoms with E-state index in [1.807, 2.05) is 66.7 Å². The maximum atomic E-state index is 12.6. The minimum Gasteiger partial charge on any atom is -0.392 e. The molecule has 228 valence electrons. The molecule has 4 unspecified atom stereocenters. The number of carbonyl (C=O) groups is 1. The van der Waals surface area contributed by atoms with E-state index >= 15 is 0 Å². The zero-order valence-corrected chi connectivity index (χ0v) is 26.0. The van der Waals surface area contributed by atoms with Crippen LogP contribution in [0.2, 0.25) is 0 Å². The van der Waals surface area contributed by atoms with Crippen molar-refractivity contribution in [1.29, 1.82) is 0 Å². The van der Waals surface area contributed by atoms with Gasteiger partial charge in [-0.15, -0.1) is 11.8 Å². The van der Waals surface area contributed by atoms with Gasteiger partial charge < -0.3 is 19.9 Å². The highest BCUT2D eigenvalue weighted by atomic mass is 32.2. The van der Waals surface area contributed by atoms with E-state index in [9.17, 15) is 9.90 Å². The summed E-state index contributed by atoms with van der Waals surface area (Å²) in [6.45, 7) is 2.64. The van der Waals surface area contributed by atoms with E-state index < -0.39 is 6.29 Å². The van der Waals surface area contributed by atoms with E-state index in [2.05, 4.69) is 79.0 Å². The largest absolute Gasteiger partial charge is 0.392 e. The molecular weight excluding hydrogens is 578 g/mol. The molecule has 5 aromatic carbocycles. The highest BCUT2D eigenvalue weighted by Crippen LogP contribution is 2.43. The first kappa shape index (κ1) is 30.8. The van der Waals surface area contributed by atoms with Crippen LogP contribution in [-0.2, 0) is 22.6 Å². The number of aliphatic hydroxyl groups is 1. The molecule has 1 saturated heterocycles. The van der Waals surface area contributed by atoms with Gasteiger partial charge in [0, 0.05) is 34.2 Å². The molecule has 0 aromatic heterocycles. The normalized spacial score (nSPS) is 19.6. The predicted molar refractivity (Wildman–Crippen MR) is 180 cm³/mol. The molecule has 1 aliphatic rings. The predicted octanol–water partition coefficient (Wildman–Crippen LogP) is 8.36. The Balaban J connectivity index is 1.22. The number of aliphatic hydroxyl groups excluding tert-OH is 1. The zero-order chi connectivity index (χ0) is 31.0. The van der Waals surface area contributed by atoms with Gasteiger partial charge in [-0.1, -0.05) is 104 Å². The lowest BCUT2D eigenvalue weighted by molar-refractivity contribution is -0.268. The molecule has 0 bridgehead atoms. The third kappa shape index (κ3) is 7.72. The Hall–Kier alpha value is -4.20. The number of benzene rings is 5. The van der Waals surface area contributed by atoms with Crippen molar-refractivity contribution in [3.63, 3.8) is 0 Å². The van der Waals surface area contributed by atoms with E-state index in [0.29, 0.717) is 12.1 Å². The van der Waals surface area contributed by atoms with Gasteiger partial charge in [-0.2, -0.15) is 0 Å². The van der Waals surface area contributed by atoms with Crippen LogP contribution in [0.25, 0.3) is 11.1 Å². The monoisotopic (exact) mass is 615 g/mol. The van der Waals surface area contributed by atoms with Gasteiger partial charge in [-0.3, -0.25) is 4.79 Å². The van der Waals surface area contributed by atoms with Crippen LogP contribution in [0, 0.1) is 5.92 Å². The third-order valence-electron chi connectivity index (χ3n) is 8.19. The molecule has 0 spiro atoms. The molecule has 1 heterocycles. The van der Waals surface area contributed by atoms with Crippen molar-refractivity contribution in [2.75, 3.05) is 5.75 Å². The Morgan fingerprint density at radius 1 is 0.733 bits per heavy atom. The van der Waals surface area contributed by atoms with Crippen molar-refractivity contribution < 1.29 is 19.4 Å². The Morgan fingerprint density at radius 2 is 1.42 bits per heavy atom. The lowest BCUT2D eigenvalue weighted by Gasteiger charge is -2.41. The van der Waals surface area contributed by atoms with Crippen molar-refractivity contribution in [2.45, 2.75) is 43.5 Å². The van der Waals surface area contributed by atoms with Gasteiger partial charge in [0.1, 0.15) is 0 Å². The molecule has 5 aromatic rings. The van der Waals surface area contributed by atoms with Crippen LogP contribution in [0.4, 0.5) is 0 Å². The molecule has 0 aliphatic carbocycles. The van der Waals surface area contributed by atoms with Crippen molar-refractivity contribution in [3.8, 4) is 11.1 Å². The van der Waals surface area contributed by atoms with Crippen molar-refractivity contribution in [2.24, 2.45) is 5.92 Å². The second-order valence-corrected chi connectivity index (χ2v) is 12.4. The SMILES string of the molecule is CC1C(CSc2ccccc2)OC(c2cccc(-c3cccc(CNC(=O)c4ccccc4)c3)c2)OC1c1ccc(CO)cc1. The standard InChI is InChI=1S/C39H37NO4S/c1-27-36(26-45-35-16-6-3-7-17-35)43-39(44-37(27)30-20-18-28(25-41)19-21-30)34-15-9-14-33(23-34)32-13-8-10-29(22-32)24-40-38(42)31-11-4-2-5-12-31/h2-23,27,36-37,39,41H,24-26H2,1H3,(H,40,42). The van der Waals surface area contributed by atoms with Gasteiger partial charge in [0.2, 0.25) is 0 Å². The fourth-order valence-electron chi connectivity index (χ4n) is 5.60. The van der Waals surface area contributed by atoms with Crippen LogP contribution in [0.5, 0.6) is 0 Å². The average molecular weight is 616 g/mol. The Morgan fingerprint density at radius 3 is 2.16 bits per heavy atom. The van der Waals surface area contributed by atoms with Crippen LogP contribution >= 0.6 is 11.8 Å². The highest BCUT2D eigenvalue weighted by molar-refractivity contribution is 7.99. The summed E-state index contributed by atoms with van der Waals surface area (Å²) in [4.78, 5) is 13.8. The molecule has 6 heteroatoms. The molecule has 1 aliphatic heterocycles. The molecule has 0 saturated carbocycles. The molecule has 1 amide bonds. The second-order valence-electron chi connectivity index (χ2n) is 11.3. The number of amides is 1. The first-order chi connectivity index (χ1) is 22.1. The second kappa shape index (κ2) is 14.7. The smallest absolute Gasteiger partial charge is 0.251 e. The minimum absolute atomic E-state index is 0.0107. The van der Waals surface area contributed by atoms with Crippen LogP contribution < -0.4 is 5.32 Å². The summed E-state index contributed by atoms with van der Waals surface area (Å²) in [5.74, 6) is 0.819. The summed E-state index contributed by atoms with van der Waals surface area (Å²) in [7, 11) is 0. The lowest BCUT2D eigenvalue weighted by atomic mass is 9.91. The van der Waals surface area contributed by atoms with Crippen LogP contribution in [0.3, 0.4) is 0 Å². The van der Waals surface area contributed by atoms with Crippen LogP contribution in [0.1, 0.15) is 51.9 Å². The highest BCUT2D eigenvalue weighted by Gasteiger charge is 2.38. The molecule has 45 heavy (non-hydrogen) atoms. The van der Waals surface area contributed by atoms with Crippen molar-refractivity contribution in [1.82, 2.24) is 5.32 Å². The molecule has 6 rings (SSSR count). The summed E-state index contributed by atoms with van der Waals surface area (Å²) < 4.78 is 13.4. The van der Waals surface area contributed by atoms with E-state index in [4.69, 9.17) is 9.47 Å². The number of thioether (sulfide) groups is 1. The Labute approximate surface area is 269 Å². The van der Waals surface area contributed by atoms with Crippen LogP contribution in [-0.4, -0.2) is 22.9 Å². The molecule has 1 fully saturated rings. The first-order valence-corrected chi connectivity index (χ1v) is 16.3. The third-order valence-corrected chi connectivity index (χ3v) is 9.29. The molecule has 2 N–H and O–H groups in total. The number of ether oxygens (including phenoxy) is 2. The Bertz CT molecular complexity index is 1690. The molecule has 5 nitrogen and oxygen atoms in total. The van der Waals surface area contributed by atoms with Crippen molar-refractivity contribution >= 4 is 17.7 Å². The molecule has 0 radical (unpaired) electrons. The van der Waals surface area contributed by atoms with Gasteiger partial charge in [-0.05, 0) is 64.2 Å². The van der Waals surface area contributed by atoms with E-state index in [1.165, 1.54) is 4.90 Å². The van der Waals surface area contributed by atoms with Gasteiger partial charge in [-0.25, -0.2) is 0 Å². The van der Waals surface area contributed by atoms with E-state index in [0.717, 1.165) is 39.1 Å². The van der Waals surface area contributed by atoms with Gasteiger partial charge in [0.05, 0.1) is 18.8 Å². The lowest BCUT2D eigenvalue weighted by Crippen LogP contribution is -2.38. The van der Waals surface area contributed by atoms with Crippen molar-refractivity contribution in [3.05, 3.63) is 161 Å². The summed E-state index contributed by atoms with van der Waals surface area (Å²) in [5, 5.41) is 12.6. The number of carbonyl (C=O) groups excluding carboxylic acids is 1. The number of hydrogen-bond donors (Lipinski definition) is 2. The molecular formula is C39H37NO4S. The Kier molecular flexibility index (Phi) is 10.1. The average Bonchev–Trinajstić information content (AvgIpc) is 3.11. The van der Waals surface area contributed by atoms with E-state index in [-0.39, 0.29) is 30.6 Å². The van der Waals surface area contributed by atoms with Gasteiger partial charge >= 0.3 is 0 Å². The fraction of sp³-hybridized carbons (Fsp3) is 0.205. The topological polar surface area (TPSA) is 67.8 Å². The fourth-order valence-corrected chi connectivity index (χ4v) is 6.69. The van der Waals surface area contributed by atoms with E-state index in [1.54, 1.807) is 11.8 Å². The maximum Gasteiger partial charge on any atom is 0.251 e. The first-order valence-electron chi connectivity index (χ1n) is 15.3. The zero-order valence-electron chi connectivity index (χ0n) is 25.2. The minimum atomic E-state index is -0.543.